The molecule has 192 valence electrons. The van der Waals surface area contributed by atoms with Crippen LogP contribution in [0.4, 0.5) is 0 Å². The highest BCUT2D eigenvalue weighted by Crippen LogP contribution is 2.38. The van der Waals surface area contributed by atoms with Crippen molar-refractivity contribution < 1.29 is 19.1 Å². The number of nitrogens with zero attached hydrogens (tertiary/aromatic N) is 5. The summed E-state index contributed by atoms with van der Waals surface area (Å²) >= 11 is 0. The van der Waals surface area contributed by atoms with Gasteiger partial charge < -0.3 is 18.9 Å². The Morgan fingerprint density at radius 1 is 1.14 bits per heavy atom. The van der Waals surface area contributed by atoms with Gasteiger partial charge in [0.05, 0.1) is 37.8 Å². The first-order chi connectivity index (χ1) is 17.5. The lowest BCUT2D eigenvalue weighted by Crippen LogP contribution is -2.47. The summed E-state index contributed by atoms with van der Waals surface area (Å²) in [5, 5.41) is 6.38. The number of morpholine rings is 1. The summed E-state index contributed by atoms with van der Waals surface area (Å²) in [7, 11) is 3.61. The van der Waals surface area contributed by atoms with E-state index in [9.17, 15) is 9.59 Å². The molecule has 1 aromatic heterocycles. The lowest BCUT2D eigenvalue weighted by atomic mass is 9.99. The Bertz CT molecular complexity index is 1120. The van der Waals surface area contributed by atoms with Gasteiger partial charge >= 0.3 is 0 Å². The molecule has 1 aromatic carbocycles. The SMILES string of the molecule is COc1ccccc1C1CC(c2cccn2C)=NN1C(=O)CN(CCN1CCOCC1)C(=O)C1CC1. The number of hydrogen-bond donors (Lipinski definition) is 0. The molecule has 2 fully saturated rings. The molecule has 1 atom stereocenters. The number of para-hydroxylation sites is 1. The molecule has 0 spiro atoms. The molecule has 5 rings (SSSR count). The van der Waals surface area contributed by atoms with Crippen molar-refractivity contribution in [3.63, 3.8) is 0 Å². The molecule has 0 N–H and O–H groups in total. The molecule has 1 saturated heterocycles. The third-order valence-electron chi connectivity index (χ3n) is 7.26. The number of methoxy groups -OCH3 is 1. The fourth-order valence-electron chi connectivity index (χ4n) is 5.02. The molecular formula is C27H35N5O4. The van der Waals surface area contributed by atoms with Crippen molar-refractivity contribution in [1.82, 2.24) is 19.4 Å². The molecule has 1 saturated carbocycles. The summed E-state index contributed by atoms with van der Waals surface area (Å²) in [6.07, 6.45) is 4.37. The zero-order chi connectivity index (χ0) is 25.1. The third kappa shape index (κ3) is 5.32. The minimum Gasteiger partial charge on any atom is -0.496 e. The van der Waals surface area contributed by atoms with Gasteiger partial charge in [0.2, 0.25) is 5.91 Å². The number of aromatic nitrogens is 1. The van der Waals surface area contributed by atoms with Crippen LogP contribution in [0.15, 0.2) is 47.7 Å². The number of carbonyl (C=O) groups is 2. The Kier molecular flexibility index (Phi) is 7.38. The normalized spacial score (nSPS) is 20.3. The van der Waals surface area contributed by atoms with E-state index in [-0.39, 0.29) is 30.3 Å². The van der Waals surface area contributed by atoms with Crippen LogP contribution < -0.4 is 4.74 Å². The molecule has 0 radical (unpaired) electrons. The van der Waals surface area contributed by atoms with Crippen molar-refractivity contribution in [1.29, 1.82) is 0 Å². The molecule has 3 heterocycles. The predicted octanol–water partition coefficient (Wildman–Crippen LogP) is 2.28. The van der Waals surface area contributed by atoms with Crippen molar-refractivity contribution in [2.75, 3.05) is 53.0 Å². The first kappa shape index (κ1) is 24.5. The van der Waals surface area contributed by atoms with Crippen molar-refractivity contribution in [2.24, 2.45) is 18.1 Å². The van der Waals surface area contributed by atoms with E-state index in [4.69, 9.17) is 14.6 Å². The summed E-state index contributed by atoms with van der Waals surface area (Å²) in [5.41, 5.74) is 2.73. The maximum absolute atomic E-state index is 13.8. The van der Waals surface area contributed by atoms with Crippen LogP contribution in [-0.2, 0) is 21.4 Å². The lowest BCUT2D eigenvalue weighted by molar-refractivity contribution is -0.142. The van der Waals surface area contributed by atoms with Crippen LogP contribution in [0.3, 0.4) is 0 Å². The highest BCUT2D eigenvalue weighted by Gasteiger charge is 2.39. The molecule has 0 bridgehead atoms. The van der Waals surface area contributed by atoms with E-state index in [0.717, 1.165) is 55.2 Å². The van der Waals surface area contributed by atoms with Gasteiger partial charge in [0, 0.05) is 57.3 Å². The van der Waals surface area contributed by atoms with Crippen LogP contribution in [-0.4, -0.2) is 89.9 Å². The Morgan fingerprint density at radius 2 is 1.92 bits per heavy atom. The molecule has 36 heavy (non-hydrogen) atoms. The highest BCUT2D eigenvalue weighted by molar-refractivity contribution is 6.02. The molecule has 1 unspecified atom stereocenters. The topological polar surface area (TPSA) is 79.6 Å². The summed E-state index contributed by atoms with van der Waals surface area (Å²) in [6, 6.07) is 11.5. The molecule has 9 nitrogen and oxygen atoms in total. The van der Waals surface area contributed by atoms with E-state index in [1.807, 2.05) is 54.2 Å². The number of ether oxygens (including phenoxy) is 2. The first-order valence-electron chi connectivity index (χ1n) is 12.8. The molecule has 2 aromatic rings. The monoisotopic (exact) mass is 493 g/mol. The zero-order valence-electron chi connectivity index (χ0n) is 21.1. The average molecular weight is 494 g/mol. The minimum absolute atomic E-state index is 0.0231. The van der Waals surface area contributed by atoms with Gasteiger partial charge in [-0.15, -0.1) is 0 Å². The number of rotatable bonds is 9. The maximum atomic E-state index is 13.8. The largest absolute Gasteiger partial charge is 0.496 e. The van der Waals surface area contributed by atoms with Crippen molar-refractivity contribution in [2.45, 2.75) is 25.3 Å². The zero-order valence-corrected chi connectivity index (χ0v) is 21.1. The number of hydrazone groups is 1. The fourth-order valence-corrected chi connectivity index (χ4v) is 5.02. The Morgan fingerprint density at radius 3 is 2.61 bits per heavy atom. The van der Waals surface area contributed by atoms with E-state index in [1.54, 1.807) is 17.0 Å². The highest BCUT2D eigenvalue weighted by atomic mass is 16.5. The summed E-state index contributed by atoms with van der Waals surface area (Å²) < 4.78 is 13.1. The maximum Gasteiger partial charge on any atom is 0.262 e. The molecule has 1 aliphatic carbocycles. The summed E-state index contributed by atoms with van der Waals surface area (Å²) in [4.78, 5) is 30.9. The Labute approximate surface area is 212 Å². The number of benzene rings is 1. The van der Waals surface area contributed by atoms with Gasteiger partial charge in [-0.1, -0.05) is 18.2 Å². The second kappa shape index (κ2) is 10.8. The van der Waals surface area contributed by atoms with Gasteiger partial charge in [-0.05, 0) is 31.0 Å². The minimum atomic E-state index is -0.296. The molecule has 2 aliphatic heterocycles. The van der Waals surface area contributed by atoms with Gasteiger partial charge in [0.1, 0.15) is 12.3 Å². The van der Waals surface area contributed by atoms with Crippen LogP contribution in [0.1, 0.15) is 36.6 Å². The van der Waals surface area contributed by atoms with E-state index >= 15 is 0 Å². The van der Waals surface area contributed by atoms with E-state index in [1.165, 1.54) is 0 Å². The van der Waals surface area contributed by atoms with Crippen LogP contribution in [0.5, 0.6) is 5.75 Å². The predicted molar refractivity (Wildman–Crippen MR) is 136 cm³/mol. The first-order valence-corrected chi connectivity index (χ1v) is 12.8. The van der Waals surface area contributed by atoms with Gasteiger partial charge in [0.15, 0.2) is 0 Å². The summed E-state index contributed by atoms with van der Waals surface area (Å²) in [5.74, 6) is 0.678. The van der Waals surface area contributed by atoms with Crippen LogP contribution in [0, 0.1) is 5.92 Å². The van der Waals surface area contributed by atoms with Gasteiger partial charge in [-0.3, -0.25) is 14.5 Å². The number of carbonyl (C=O) groups excluding carboxylic acids is 2. The van der Waals surface area contributed by atoms with E-state index in [0.29, 0.717) is 26.2 Å². The second-order valence-corrected chi connectivity index (χ2v) is 9.74. The fraction of sp³-hybridized carbons (Fsp3) is 0.519. The van der Waals surface area contributed by atoms with Crippen molar-refractivity contribution in [3.8, 4) is 5.75 Å². The number of hydrogen-bond acceptors (Lipinski definition) is 6. The van der Waals surface area contributed by atoms with Gasteiger partial charge in [0.25, 0.3) is 5.91 Å². The standard InChI is InChI=1S/C27H35N5O4/c1-29-11-5-7-23(29)22-18-24(21-6-3-4-8-25(21)35-2)32(28-22)26(33)19-31(27(34)20-9-10-20)13-12-30-14-16-36-17-15-30/h3-8,11,20,24H,9-10,12-19H2,1-2H3. The average Bonchev–Trinajstić information content (AvgIpc) is 3.53. The molecule has 3 aliphatic rings. The van der Waals surface area contributed by atoms with Crippen LogP contribution in [0.2, 0.25) is 0 Å². The van der Waals surface area contributed by atoms with Crippen molar-refractivity contribution >= 4 is 17.5 Å². The molecular weight excluding hydrogens is 458 g/mol. The Hall–Kier alpha value is -3.17. The van der Waals surface area contributed by atoms with Crippen LogP contribution in [0.25, 0.3) is 0 Å². The quantitative estimate of drug-likeness (QED) is 0.536. The van der Waals surface area contributed by atoms with E-state index in [2.05, 4.69) is 4.90 Å². The number of aryl methyl sites for hydroxylation is 1. The molecule has 9 heteroatoms. The van der Waals surface area contributed by atoms with E-state index < -0.39 is 0 Å². The van der Waals surface area contributed by atoms with Gasteiger partial charge in [-0.25, -0.2) is 5.01 Å². The van der Waals surface area contributed by atoms with Gasteiger partial charge in [-0.2, -0.15) is 5.10 Å². The molecule has 2 amide bonds. The number of amides is 2. The van der Waals surface area contributed by atoms with Crippen LogP contribution >= 0.6 is 0 Å². The smallest absolute Gasteiger partial charge is 0.262 e. The van der Waals surface area contributed by atoms with Crippen molar-refractivity contribution in [3.05, 3.63) is 53.9 Å². The summed E-state index contributed by atoms with van der Waals surface area (Å²) in [6.45, 7) is 4.42. The Balaban J connectivity index is 1.38. The second-order valence-electron chi connectivity index (χ2n) is 9.74. The third-order valence-corrected chi connectivity index (χ3v) is 7.26. The lowest BCUT2D eigenvalue weighted by Gasteiger charge is -2.31.